The summed E-state index contributed by atoms with van der Waals surface area (Å²) in [5.41, 5.74) is 5.66. The van der Waals surface area contributed by atoms with Gasteiger partial charge in [-0.25, -0.2) is 0 Å². The number of carbonyl (C=O) groups is 2. The fourth-order valence-corrected chi connectivity index (χ4v) is 2.67. The highest BCUT2D eigenvalue weighted by Gasteiger charge is 2.22. The lowest BCUT2D eigenvalue weighted by atomic mass is 9.80. The number of hydrogen-bond donors (Lipinski definition) is 3. The molecule has 20 heavy (non-hydrogen) atoms. The summed E-state index contributed by atoms with van der Waals surface area (Å²) in [4.78, 5) is 23.2. The summed E-state index contributed by atoms with van der Waals surface area (Å²) < 4.78 is 0. The molecule has 0 saturated heterocycles. The van der Waals surface area contributed by atoms with Gasteiger partial charge in [0.1, 0.15) is 0 Å². The van der Waals surface area contributed by atoms with E-state index in [-0.39, 0.29) is 11.8 Å². The normalized spacial score (nSPS) is 22.3. The van der Waals surface area contributed by atoms with Crippen LogP contribution in [-0.4, -0.2) is 31.4 Å². The SMILES string of the molecule is CCCNC(=O)CCNC(=O)CC1CCC(CN)CC1. The number of nitrogens with one attached hydrogen (secondary N) is 2. The lowest BCUT2D eigenvalue weighted by molar-refractivity contribution is -0.123. The van der Waals surface area contributed by atoms with Crippen LogP contribution >= 0.6 is 0 Å². The van der Waals surface area contributed by atoms with Gasteiger partial charge in [-0.3, -0.25) is 9.59 Å². The van der Waals surface area contributed by atoms with E-state index in [1.807, 2.05) is 6.92 Å². The minimum absolute atomic E-state index is 0.00982. The highest BCUT2D eigenvalue weighted by atomic mass is 16.2. The standard InChI is InChI=1S/C15H29N3O2/c1-2-8-17-14(19)7-9-18-15(20)10-12-3-5-13(11-16)6-4-12/h12-13H,2-11,16H2,1H3,(H,17,19)(H,18,20). The van der Waals surface area contributed by atoms with Gasteiger partial charge in [0.05, 0.1) is 0 Å². The lowest BCUT2D eigenvalue weighted by Gasteiger charge is -2.27. The van der Waals surface area contributed by atoms with Crippen LogP contribution in [0.4, 0.5) is 0 Å². The average Bonchev–Trinajstić information content (AvgIpc) is 2.46. The minimum Gasteiger partial charge on any atom is -0.356 e. The Morgan fingerprint density at radius 3 is 2.20 bits per heavy atom. The molecule has 0 aromatic heterocycles. The van der Waals surface area contributed by atoms with Gasteiger partial charge in [-0.1, -0.05) is 6.92 Å². The van der Waals surface area contributed by atoms with Crippen LogP contribution in [0.25, 0.3) is 0 Å². The van der Waals surface area contributed by atoms with Crippen molar-refractivity contribution < 1.29 is 9.59 Å². The molecule has 1 saturated carbocycles. The molecule has 5 nitrogen and oxygen atoms in total. The van der Waals surface area contributed by atoms with Crippen LogP contribution in [0.3, 0.4) is 0 Å². The van der Waals surface area contributed by atoms with Gasteiger partial charge in [-0.2, -0.15) is 0 Å². The summed E-state index contributed by atoms with van der Waals surface area (Å²) in [6.45, 7) is 3.93. The van der Waals surface area contributed by atoms with E-state index in [0.717, 1.165) is 38.6 Å². The highest BCUT2D eigenvalue weighted by Crippen LogP contribution is 2.29. The summed E-state index contributed by atoms with van der Waals surface area (Å²) in [6, 6.07) is 0. The van der Waals surface area contributed by atoms with E-state index in [9.17, 15) is 9.59 Å². The molecule has 0 atom stereocenters. The quantitative estimate of drug-likeness (QED) is 0.625. The summed E-state index contributed by atoms with van der Waals surface area (Å²) >= 11 is 0. The van der Waals surface area contributed by atoms with Crippen LogP contribution in [0, 0.1) is 11.8 Å². The zero-order valence-corrected chi connectivity index (χ0v) is 12.6. The van der Waals surface area contributed by atoms with Crippen molar-refractivity contribution >= 4 is 11.8 Å². The van der Waals surface area contributed by atoms with Crippen LogP contribution < -0.4 is 16.4 Å². The van der Waals surface area contributed by atoms with Gasteiger partial charge in [0.2, 0.25) is 11.8 Å². The first-order chi connectivity index (χ1) is 9.65. The molecule has 2 amide bonds. The molecule has 1 aliphatic carbocycles. The van der Waals surface area contributed by atoms with E-state index in [2.05, 4.69) is 10.6 Å². The Bertz CT molecular complexity index is 299. The number of nitrogens with two attached hydrogens (primary N) is 1. The molecule has 0 aromatic carbocycles. The van der Waals surface area contributed by atoms with Gasteiger partial charge in [-0.05, 0) is 50.5 Å². The second kappa shape index (κ2) is 9.75. The van der Waals surface area contributed by atoms with Crippen LogP contribution in [0.5, 0.6) is 0 Å². The van der Waals surface area contributed by atoms with Crippen molar-refractivity contribution in [2.45, 2.75) is 51.9 Å². The molecule has 0 aromatic rings. The van der Waals surface area contributed by atoms with E-state index >= 15 is 0 Å². The Morgan fingerprint density at radius 1 is 1.00 bits per heavy atom. The molecular formula is C15H29N3O2. The Morgan fingerprint density at radius 2 is 1.60 bits per heavy atom. The number of amides is 2. The van der Waals surface area contributed by atoms with Crippen molar-refractivity contribution in [3.05, 3.63) is 0 Å². The highest BCUT2D eigenvalue weighted by molar-refractivity contribution is 5.79. The zero-order valence-electron chi connectivity index (χ0n) is 12.6. The van der Waals surface area contributed by atoms with Crippen molar-refractivity contribution in [2.75, 3.05) is 19.6 Å². The Kier molecular flexibility index (Phi) is 8.26. The first-order valence-electron chi connectivity index (χ1n) is 7.89. The van der Waals surface area contributed by atoms with Gasteiger partial charge >= 0.3 is 0 Å². The number of rotatable bonds is 8. The second-order valence-corrected chi connectivity index (χ2v) is 5.78. The minimum atomic E-state index is 0.00982. The molecule has 1 aliphatic rings. The molecule has 0 aliphatic heterocycles. The summed E-state index contributed by atoms with van der Waals surface area (Å²) in [5.74, 6) is 1.23. The van der Waals surface area contributed by atoms with Gasteiger partial charge in [-0.15, -0.1) is 0 Å². The van der Waals surface area contributed by atoms with E-state index in [0.29, 0.717) is 37.8 Å². The molecule has 0 unspecified atom stereocenters. The predicted molar refractivity (Wildman–Crippen MR) is 80.0 cm³/mol. The maximum atomic E-state index is 11.8. The summed E-state index contributed by atoms with van der Waals surface area (Å²) in [6.07, 6.45) is 6.39. The number of carbonyl (C=O) groups excluding carboxylic acids is 2. The Labute approximate surface area is 122 Å². The molecular weight excluding hydrogens is 254 g/mol. The fraction of sp³-hybridized carbons (Fsp3) is 0.867. The van der Waals surface area contributed by atoms with Crippen molar-refractivity contribution in [2.24, 2.45) is 17.6 Å². The van der Waals surface area contributed by atoms with E-state index < -0.39 is 0 Å². The molecule has 0 heterocycles. The maximum Gasteiger partial charge on any atom is 0.221 e. The Balaban J connectivity index is 2.07. The molecule has 0 radical (unpaired) electrons. The van der Waals surface area contributed by atoms with Gasteiger partial charge in [0, 0.05) is 25.9 Å². The molecule has 116 valence electrons. The van der Waals surface area contributed by atoms with Gasteiger partial charge in [0.25, 0.3) is 0 Å². The molecule has 1 fully saturated rings. The zero-order chi connectivity index (χ0) is 14.8. The fourth-order valence-electron chi connectivity index (χ4n) is 2.67. The monoisotopic (exact) mass is 283 g/mol. The second-order valence-electron chi connectivity index (χ2n) is 5.78. The maximum absolute atomic E-state index is 11.8. The first-order valence-corrected chi connectivity index (χ1v) is 7.89. The summed E-state index contributed by atoms with van der Waals surface area (Å²) in [7, 11) is 0. The van der Waals surface area contributed by atoms with Crippen molar-refractivity contribution in [1.29, 1.82) is 0 Å². The van der Waals surface area contributed by atoms with Gasteiger partial charge < -0.3 is 16.4 Å². The van der Waals surface area contributed by atoms with Gasteiger partial charge in [0.15, 0.2) is 0 Å². The Hall–Kier alpha value is -1.10. The lowest BCUT2D eigenvalue weighted by Crippen LogP contribution is -2.32. The van der Waals surface area contributed by atoms with Crippen LogP contribution in [0.1, 0.15) is 51.9 Å². The van der Waals surface area contributed by atoms with Crippen LogP contribution in [0.15, 0.2) is 0 Å². The third kappa shape index (κ3) is 6.89. The largest absolute Gasteiger partial charge is 0.356 e. The smallest absolute Gasteiger partial charge is 0.221 e. The third-order valence-electron chi connectivity index (χ3n) is 4.02. The first kappa shape index (κ1) is 17.0. The third-order valence-corrected chi connectivity index (χ3v) is 4.02. The molecule has 0 bridgehead atoms. The molecule has 4 N–H and O–H groups in total. The van der Waals surface area contributed by atoms with Crippen LogP contribution in [0.2, 0.25) is 0 Å². The van der Waals surface area contributed by atoms with Crippen LogP contribution in [-0.2, 0) is 9.59 Å². The van der Waals surface area contributed by atoms with Crippen molar-refractivity contribution in [3.8, 4) is 0 Å². The van der Waals surface area contributed by atoms with Crippen molar-refractivity contribution in [1.82, 2.24) is 10.6 Å². The topological polar surface area (TPSA) is 84.2 Å². The summed E-state index contributed by atoms with van der Waals surface area (Å²) in [5, 5.41) is 5.63. The van der Waals surface area contributed by atoms with E-state index in [1.54, 1.807) is 0 Å². The predicted octanol–water partition coefficient (Wildman–Crippen LogP) is 1.17. The number of hydrogen-bond acceptors (Lipinski definition) is 3. The molecule has 1 rings (SSSR count). The van der Waals surface area contributed by atoms with E-state index in [4.69, 9.17) is 5.73 Å². The molecule has 0 spiro atoms. The van der Waals surface area contributed by atoms with Crippen molar-refractivity contribution in [3.63, 3.8) is 0 Å². The molecule has 5 heteroatoms. The van der Waals surface area contributed by atoms with E-state index in [1.165, 1.54) is 0 Å². The average molecular weight is 283 g/mol.